The SMILES string of the molecule is Nc1[nH]c(=O)c(C(=O)O)c(-c2ccc(F)c(Br)c2O)c1C(=O)O. The average molecular weight is 387 g/mol. The van der Waals surface area contributed by atoms with E-state index in [4.69, 9.17) is 5.73 Å². The Bertz CT molecular complexity index is 908. The number of benzene rings is 1. The highest BCUT2D eigenvalue weighted by atomic mass is 79.9. The van der Waals surface area contributed by atoms with Crippen molar-refractivity contribution >= 4 is 33.7 Å². The molecule has 0 aliphatic rings. The first kappa shape index (κ1) is 16.5. The summed E-state index contributed by atoms with van der Waals surface area (Å²) in [5, 5.41) is 28.5. The molecule has 6 N–H and O–H groups in total. The zero-order chi connectivity index (χ0) is 17.5. The summed E-state index contributed by atoms with van der Waals surface area (Å²) in [6.07, 6.45) is 0. The highest BCUT2D eigenvalue weighted by Crippen LogP contribution is 2.40. The zero-order valence-electron chi connectivity index (χ0n) is 11.1. The van der Waals surface area contributed by atoms with E-state index in [-0.39, 0.29) is 5.56 Å². The Morgan fingerprint density at radius 1 is 1.17 bits per heavy atom. The van der Waals surface area contributed by atoms with Crippen LogP contribution in [0, 0.1) is 5.82 Å². The summed E-state index contributed by atoms with van der Waals surface area (Å²) < 4.78 is 13.0. The molecule has 2 rings (SSSR count). The van der Waals surface area contributed by atoms with Gasteiger partial charge in [-0.25, -0.2) is 14.0 Å². The molecule has 0 bridgehead atoms. The van der Waals surface area contributed by atoms with E-state index in [0.29, 0.717) is 0 Å². The number of aromatic amines is 1. The van der Waals surface area contributed by atoms with Crippen molar-refractivity contribution in [2.45, 2.75) is 0 Å². The maximum atomic E-state index is 13.4. The molecule has 0 saturated heterocycles. The number of carboxylic acids is 2. The minimum atomic E-state index is -1.73. The molecular formula is C13H8BrFN2O6. The lowest BCUT2D eigenvalue weighted by atomic mass is 9.94. The summed E-state index contributed by atoms with van der Waals surface area (Å²) in [5.74, 6) is -5.58. The number of anilines is 1. The van der Waals surface area contributed by atoms with Gasteiger partial charge in [0.1, 0.15) is 28.5 Å². The molecule has 0 aliphatic carbocycles. The van der Waals surface area contributed by atoms with Gasteiger partial charge in [-0.2, -0.15) is 0 Å². The molecule has 0 saturated carbocycles. The van der Waals surface area contributed by atoms with Crippen LogP contribution >= 0.6 is 15.9 Å². The predicted octanol–water partition coefficient (Wildman–Crippen LogP) is 1.63. The molecular weight excluding hydrogens is 379 g/mol. The number of nitrogens with two attached hydrogens (primary N) is 1. The molecule has 8 nitrogen and oxygen atoms in total. The Kier molecular flexibility index (Phi) is 4.10. The van der Waals surface area contributed by atoms with E-state index >= 15 is 0 Å². The van der Waals surface area contributed by atoms with Crippen LogP contribution in [-0.4, -0.2) is 32.2 Å². The van der Waals surface area contributed by atoms with Crippen molar-refractivity contribution in [3.8, 4) is 16.9 Å². The Morgan fingerprint density at radius 3 is 2.26 bits per heavy atom. The van der Waals surface area contributed by atoms with Gasteiger partial charge in [-0.15, -0.1) is 0 Å². The van der Waals surface area contributed by atoms with Gasteiger partial charge in [0.05, 0.1) is 4.47 Å². The summed E-state index contributed by atoms with van der Waals surface area (Å²) in [7, 11) is 0. The fraction of sp³-hybridized carbons (Fsp3) is 0. The topological polar surface area (TPSA) is 154 Å². The van der Waals surface area contributed by atoms with Gasteiger partial charge in [0.2, 0.25) is 0 Å². The van der Waals surface area contributed by atoms with Gasteiger partial charge >= 0.3 is 11.9 Å². The third-order valence-electron chi connectivity index (χ3n) is 3.01. The first-order chi connectivity index (χ1) is 10.7. The van der Waals surface area contributed by atoms with Gasteiger partial charge in [0.25, 0.3) is 5.56 Å². The van der Waals surface area contributed by atoms with Crippen molar-refractivity contribution in [2.24, 2.45) is 0 Å². The van der Waals surface area contributed by atoms with Crippen molar-refractivity contribution in [3.05, 3.63) is 43.9 Å². The maximum Gasteiger partial charge on any atom is 0.342 e. The van der Waals surface area contributed by atoms with Crippen molar-refractivity contribution in [2.75, 3.05) is 5.73 Å². The van der Waals surface area contributed by atoms with E-state index in [9.17, 15) is 34.1 Å². The zero-order valence-corrected chi connectivity index (χ0v) is 12.6. The number of rotatable bonds is 3. The van der Waals surface area contributed by atoms with Crippen LogP contribution in [0.15, 0.2) is 21.4 Å². The Labute approximate surface area is 135 Å². The van der Waals surface area contributed by atoms with Crippen molar-refractivity contribution in [1.82, 2.24) is 4.98 Å². The molecule has 23 heavy (non-hydrogen) atoms. The monoisotopic (exact) mass is 386 g/mol. The number of aromatic hydroxyl groups is 1. The van der Waals surface area contributed by atoms with Crippen molar-refractivity contribution < 1.29 is 29.3 Å². The third kappa shape index (κ3) is 2.63. The molecule has 0 amide bonds. The van der Waals surface area contributed by atoms with E-state index in [1.165, 1.54) is 0 Å². The van der Waals surface area contributed by atoms with Crippen LogP contribution < -0.4 is 11.3 Å². The number of nitrogen functional groups attached to an aromatic ring is 1. The number of hydrogen-bond donors (Lipinski definition) is 5. The normalized spacial score (nSPS) is 10.5. The van der Waals surface area contributed by atoms with E-state index in [1.54, 1.807) is 0 Å². The number of phenols is 1. The number of carbonyl (C=O) groups is 2. The van der Waals surface area contributed by atoms with E-state index in [2.05, 4.69) is 15.9 Å². The smallest absolute Gasteiger partial charge is 0.342 e. The number of phenolic OH excluding ortho intramolecular Hbond substituents is 1. The highest BCUT2D eigenvalue weighted by molar-refractivity contribution is 9.10. The van der Waals surface area contributed by atoms with Crippen LogP contribution in [0.5, 0.6) is 5.75 Å². The van der Waals surface area contributed by atoms with E-state index < -0.39 is 56.0 Å². The summed E-state index contributed by atoms with van der Waals surface area (Å²) in [6.45, 7) is 0. The Hall–Kier alpha value is -2.88. The molecule has 1 aromatic carbocycles. The van der Waals surface area contributed by atoms with Gasteiger partial charge < -0.3 is 26.0 Å². The van der Waals surface area contributed by atoms with Crippen LogP contribution in [-0.2, 0) is 0 Å². The second-order valence-electron chi connectivity index (χ2n) is 4.36. The van der Waals surface area contributed by atoms with Gasteiger partial charge in [0.15, 0.2) is 0 Å². The minimum absolute atomic E-state index is 0.370. The third-order valence-corrected chi connectivity index (χ3v) is 3.77. The molecule has 1 aromatic heterocycles. The molecule has 0 fully saturated rings. The molecule has 0 atom stereocenters. The summed E-state index contributed by atoms with van der Waals surface area (Å²) in [6, 6.07) is 1.82. The molecule has 0 aliphatic heterocycles. The van der Waals surface area contributed by atoms with Crippen molar-refractivity contribution in [3.63, 3.8) is 0 Å². The number of aromatic carboxylic acids is 2. The molecule has 0 radical (unpaired) electrons. The maximum absolute atomic E-state index is 13.4. The van der Waals surface area contributed by atoms with E-state index in [0.717, 1.165) is 12.1 Å². The number of carboxylic acid groups (broad SMARTS) is 2. The summed E-state index contributed by atoms with van der Waals surface area (Å²) >= 11 is 2.75. The minimum Gasteiger partial charge on any atom is -0.506 e. The lowest BCUT2D eigenvalue weighted by Crippen LogP contribution is -2.24. The number of H-pyrrole nitrogens is 1. The number of hydrogen-bond acceptors (Lipinski definition) is 5. The molecule has 10 heteroatoms. The van der Waals surface area contributed by atoms with Crippen LogP contribution in [0.25, 0.3) is 11.1 Å². The molecule has 0 spiro atoms. The molecule has 0 unspecified atom stereocenters. The molecule has 2 aromatic rings. The van der Waals surface area contributed by atoms with Crippen LogP contribution in [0.4, 0.5) is 10.2 Å². The van der Waals surface area contributed by atoms with Gasteiger partial charge in [-0.1, -0.05) is 0 Å². The van der Waals surface area contributed by atoms with Crippen molar-refractivity contribution in [1.29, 1.82) is 0 Å². The highest BCUT2D eigenvalue weighted by Gasteiger charge is 2.29. The van der Waals surface area contributed by atoms with Crippen LogP contribution in [0.2, 0.25) is 0 Å². The lowest BCUT2D eigenvalue weighted by molar-refractivity contribution is 0.0695. The molecule has 1 heterocycles. The predicted molar refractivity (Wildman–Crippen MR) is 80.2 cm³/mol. The number of pyridine rings is 1. The van der Waals surface area contributed by atoms with Gasteiger partial charge in [-0.05, 0) is 28.1 Å². The quantitative estimate of drug-likeness (QED) is 0.536. The Balaban J connectivity index is 3.07. The lowest BCUT2D eigenvalue weighted by Gasteiger charge is -2.14. The standard InChI is InChI=1S/C13H8BrFN2O6/c14-8-4(15)2-1-3(9(8)18)5-6(12(20)21)10(16)17-11(19)7(5)13(22)23/h1-2,18H,(H,20,21)(H,22,23)(H3,16,17,19). The number of nitrogens with one attached hydrogen (secondary N) is 1. The summed E-state index contributed by atoms with van der Waals surface area (Å²) in [5.41, 5.74) is 1.64. The number of halogens is 2. The Morgan fingerprint density at radius 2 is 1.74 bits per heavy atom. The average Bonchev–Trinajstić information content (AvgIpc) is 2.43. The van der Waals surface area contributed by atoms with Gasteiger partial charge in [0, 0.05) is 11.1 Å². The molecule has 120 valence electrons. The van der Waals surface area contributed by atoms with Crippen LogP contribution in [0.3, 0.4) is 0 Å². The fourth-order valence-electron chi connectivity index (χ4n) is 2.06. The van der Waals surface area contributed by atoms with E-state index in [1.807, 2.05) is 4.98 Å². The van der Waals surface area contributed by atoms with Crippen LogP contribution in [0.1, 0.15) is 20.7 Å². The first-order valence-corrected chi connectivity index (χ1v) is 6.65. The fourth-order valence-corrected chi connectivity index (χ4v) is 2.40. The second-order valence-corrected chi connectivity index (χ2v) is 5.15. The largest absolute Gasteiger partial charge is 0.506 e. The summed E-state index contributed by atoms with van der Waals surface area (Å²) in [4.78, 5) is 36.5. The second kappa shape index (κ2) is 5.72. The number of aromatic nitrogens is 1. The first-order valence-electron chi connectivity index (χ1n) is 5.86. The van der Waals surface area contributed by atoms with Gasteiger partial charge in [-0.3, -0.25) is 4.79 Å².